The first-order valence-electron chi connectivity index (χ1n) is 4.42. The zero-order valence-electron chi connectivity index (χ0n) is 9.11. The first-order valence-corrected chi connectivity index (χ1v) is 6.31. The summed E-state index contributed by atoms with van der Waals surface area (Å²) >= 11 is 0. The van der Waals surface area contributed by atoms with Gasteiger partial charge in [-0.2, -0.15) is 8.78 Å². The molecule has 0 unspecified atom stereocenters. The molecule has 0 saturated heterocycles. The van der Waals surface area contributed by atoms with Crippen LogP contribution < -0.4 is 14.2 Å². The third kappa shape index (κ3) is 4.43. The second-order valence-electron chi connectivity index (χ2n) is 3.12. The Morgan fingerprint density at radius 3 is 2.41 bits per heavy atom. The summed E-state index contributed by atoms with van der Waals surface area (Å²) in [6.45, 7) is -3.02. The maximum absolute atomic E-state index is 12.1. The van der Waals surface area contributed by atoms with E-state index in [0.29, 0.717) is 0 Å². The molecule has 0 aromatic heterocycles. The fraction of sp³-hybridized carbons (Fsp3) is 0.333. The molecule has 0 fully saturated rings. The van der Waals surface area contributed by atoms with E-state index in [1.807, 2.05) is 0 Å². The number of hydrogen-bond acceptors (Lipinski definition) is 4. The Hall–Kier alpha value is -1.57. The lowest BCUT2D eigenvalue weighted by Gasteiger charge is -2.11. The van der Waals surface area contributed by atoms with Crippen molar-refractivity contribution in [3.05, 3.63) is 18.2 Å². The highest BCUT2D eigenvalue weighted by molar-refractivity contribution is 7.92. The van der Waals surface area contributed by atoms with Crippen LogP contribution in [0, 0.1) is 0 Å². The topological polar surface area (TPSA) is 64.6 Å². The van der Waals surface area contributed by atoms with E-state index in [1.54, 1.807) is 0 Å². The minimum Gasteiger partial charge on any atom is -0.493 e. The van der Waals surface area contributed by atoms with Gasteiger partial charge < -0.3 is 9.47 Å². The molecule has 0 atom stereocenters. The Bertz CT molecular complexity index is 490. The van der Waals surface area contributed by atoms with E-state index in [0.717, 1.165) is 12.3 Å². The lowest BCUT2D eigenvalue weighted by Crippen LogP contribution is -2.10. The van der Waals surface area contributed by atoms with Crippen molar-refractivity contribution in [3.63, 3.8) is 0 Å². The molecule has 17 heavy (non-hydrogen) atoms. The van der Waals surface area contributed by atoms with Gasteiger partial charge in [0.1, 0.15) is 0 Å². The maximum Gasteiger partial charge on any atom is 0.387 e. The van der Waals surface area contributed by atoms with Crippen molar-refractivity contribution in [1.29, 1.82) is 0 Å². The number of anilines is 1. The molecule has 1 aromatic carbocycles. The van der Waals surface area contributed by atoms with Crippen LogP contribution in [0.15, 0.2) is 18.2 Å². The first kappa shape index (κ1) is 13.5. The van der Waals surface area contributed by atoms with Gasteiger partial charge in [0, 0.05) is 6.07 Å². The number of nitrogens with one attached hydrogen (secondary N) is 1. The number of benzene rings is 1. The highest BCUT2D eigenvalue weighted by Gasteiger charge is 2.12. The molecule has 5 nitrogen and oxygen atoms in total. The number of sulfonamides is 1. The van der Waals surface area contributed by atoms with Gasteiger partial charge >= 0.3 is 6.61 Å². The number of halogens is 2. The largest absolute Gasteiger partial charge is 0.493 e. The van der Waals surface area contributed by atoms with Crippen molar-refractivity contribution < 1.29 is 26.7 Å². The fourth-order valence-corrected chi connectivity index (χ4v) is 1.70. The molecule has 0 amide bonds. The molecular formula is C9H11F2NO4S. The summed E-state index contributed by atoms with van der Waals surface area (Å²) < 4.78 is 57.2. The summed E-state index contributed by atoms with van der Waals surface area (Å²) in [6.07, 6.45) is 0.949. The Kier molecular flexibility index (Phi) is 4.11. The van der Waals surface area contributed by atoms with Gasteiger partial charge in [-0.1, -0.05) is 0 Å². The highest BCUT2D eigenvalue weighted by atomic mass is 32.2. The summed E-state index contributed by atoms with van der Waals surface area (Å²) in [5, 5.41) is 0. The molecule has 1 rings (SSSR count). The summed E-state index contributed by atoms with van der Waals surface area (Å²) in [7, 11) is -2.19. The van der Waals surface area contributed by atoms with Gasteiger partial charge in [0.2, 0.25) is 10.0 Å². The SMILES string of the molecule is COc1ccc(NS(C)(=O)=O)cc1OC(F)F. The quantitative estimate of drug-likeness (QED) is 0.881. The summed E-state index contributed by atoms with van der Waals surface area (Å²) in [6, 6.07) is 3.81. The van der Waals surface area contributed by atoms with Crippen LogP contribution in [-0.4, -0.2) is 28.4 Å². The molecule has 0 spiro atoms. The standard InChI is InChI=1S/C9H11F2NO4S/c1-15-7-4-3-6(12-17(2,13)14)5-8(7)16-9(10)11/h3-5,9,12H,1-2H3. The van der Waals surface area contributed by atoms with E-state index in [1.165, 1.54) is 19.2 Å². The average molecular weight is 267 g/mol. The lowest BCUT2D eigenvalue weighted by atomic mass is 10.3. The monoisotopic (exact) mass is 267 g/mol. The third-order valence-electron chi connectivity index (χ3n) is 1.68. The lowest BCUT2D eigenvalue weighted by molar-refractivity contribution is -0.0511. The van der Waals surface area contributed by atoms with Crippen molar-refractivity contribution in [3.8, 4) is 11.5 Å². The second kappa shape index (κ2) is 5.17. The number of ether oxygens (including phenoxy) is 2. The van der Waals surface area contributed by atoms with Crippen LogP contribution in [0.5, 0.6) is 11.5 Å². The molecule has 0 aliphatic carbocycles. The smallest absolute Gasteiger partial charge is 0.387 e. The van der Waals surface area contributed by atoms with Gasteiger partial charge in [-0.05, 0) is 12.1 Å². The van der Waals surface area contributed by atoms with Crippen molar-refractivity contribution >= 4 is 15.7 Å². The summed E-state index contributed by atoms with van der Waals surface area (Å²) in [4.78, 5) is 0. The van der Waals surface area contributed by atoms with Crippen molar-refractivity contribution in [2.45, 2.75) is 6.61 Å². The van der Waals surface area contributed by atoms with E-state index in [-0.39, 0.29) is 17.2 Å². The van der Waals surface area contributed by atoms with Crippen LogP contribution in [0.1, 0.15) is 0 Å². The highest BCUT2D eigenvalue weighted by Crippen LogP contribution is 2.31. The molecule has 0 radical (unpaired) electrons. The van der Waals surface area contributed by atoms with Gasteiger partial charge in [0.05, 0.1) is 19.1 Å². The van der Waals surface area contributed by atoms with Crippen LogP contribution in [0.3, 0.4) is 0 Å². The predicted octanol–water partition coefficient (Wildman–Crippen LogP) is 1.67. The van der Waals surface area contributed by atoms with Gasteiger partial charge in [0.25, 0.3) is 0 Å². The molecule has 96 valence electrons. The van der Waals surface area contributed by atoms with E-state index in [9.17, 15) is 17.2 Å². The molecule has 1 aromatic rings. The summed E-state index contributed by atoms with van der Waals surface area (Å²) in [5.41, 5.74) is 0.115. The maximum atomic E-state index is 12.1. The van der Waals surface area contributed by atoms with Crippen LogP contribution in [-0.2, 0) is 10.0 Å². The molecule has 0 heterocycles. The molecule has 0 aliphatic rings. The zero-order valence-corrected chi connectivity index (χ0v) is 9.92. The van der Waals surface area contributed by atoms with Gasteiger partial charge in [-0.3, -0.25) is 4.72 Å². The molecular weight excluding hydrogens is 256 g/mol. The molecule has 0 saturated carbocycles. The van der Waals surface area contributed by atoms with E-state index in [4.69, 9.17) is 4.74 Å². The van der Waals surface area contributed by atoms with E-state index >= 15 is 0 Å². The minimum atomic E-state index is -3.48. The number of alkyl halides is 2. The molecule has 8 heteroatoms. The Morgan fingerprint density at radius 1 is 1.29 bits per heavy atom. The van der Waals surface area contributed by atoms with Crippen LogP contribution in [0.2, 0.25) is 0 Å². The number of methoxy groups -OCH3 is 1. The molecule has 0 bridgehead atoms. The predicted molar refractivity (Wildman–Crippen MR) is 58.1 cm³/mol. The van der Waals surface area contributed by atoms with Gasteiger partial charge in [-0.15, -0.1) is 0 Å². The fourth-order valence-electron chi connectivity index (χ4n) is 1.14. The van der Waals surface area contributed by atoms with Crippen molar-refractivity contribution in [2.24, 2.45) is 0 Å². The van der Waals surface area contributed by atoms with Crippen LogP contribution >= 0.6 is 0 Å². The Morgan fingerprint density at radius 2 is 1.94 bits per heavy atom. The molecule has 0 aliphatic heterocycles. The second-order valence-corrected chi connectivity index (χ2v) is 4.87. The normalized spacial score (nSPS) is 11.4. The minimum absolute atomic E-state index is 0.0874. The van der Waals surface area contributed by atoms with Gasteiger partial charge in [-0.25, -0.2) is 8.42 Å². The Balaban J connectivity index is 3.04. The average Bonchev–Trinajstić information content (AvgIpc) is 2.14. The zero-order chi connectivity index (χ0) is 13.1. The summed E-state index contributed by atoms with van der Waals surface area (Å²) in [5.74, 6) is -0.152. The van der Waals surface area contributed by atoms with Crippen LogP contribution in [0.25, 0.3) is 0 Å². The number of hydrogen-bond donors (Lipinski definition) is 1. The molecule has 1 N–H and O–H groups in total. The van der Waals surface area contributed by atoms with Crippen LogP contribution in [0.4, 0.5) is 14.5 Å². The van der Waals surface area contributed by atoms with Crippen molar-refractivity contribution in [1.82, 2.24) is 0 Å². The van der Waals surface area contributed by atoms with Gasteiger partial charge in [0.15, 0.2) is 11.5 Å². The first-order chi connectivity index (χ1) is 7.81. The Labute approximate surface area is 97.4 Å². The number of rotatable bonds is 5. The van der Waals surface area contributed by atoms with E-state index < -0.39 is 16.6 Å². The van der Waals surface area contributed by atoms with Crippen molar-refractivity contribution in [2.75, 3.05) is 18.1 Å². The van der Waals surface area contributed by atoms with E-state index in [2.05, 4.69) is 9.46 Å². The third-order valence-corrected chi connectivity index (χ3v) is 2.29.